The maximum absolute atomic E-state index is 13.0. The summed E-state index contributed by atoms with van der Waals surface area (Å²) in [6.45, 7) is 1.80. The molecule has 0 unspecified atom stereocenters. The lowest BCUT2D eigenvalue weighted by Crippen LogP contribution is -2.48. The van der Waals surface area contributed by atoms with Gasteiger partial charge in [0.2, 0.25) is 11.7 Å². The van der Waals surface area contributed by atoms with Crippen LogP contribution in [0, 0.1) is 5.82 Å². The van der Waals surface area contributed by atoms with Gasteiger partial charge in [-0.1, -0.05) is 12.1 Å². The molecule has 3 aromatic rings. The number of amides is 1. The number of rotatable bonds is 6. The largest absolute Gasteiger partial charge is 0.502 e. The molecule has 1 aliphatic carbocycles. The average molecular weight is 439 g/mol. The number of hydrogen-bond acceptors (Lipinski definition) is 7. The molecule has 166 valence electrons. The summed E-state index contributed by atoms with van der Waals surface area (Å²) in [6, 6.07) is 5.80. The second kappa shape index (κ2) is 7.86. The molecule has 1 aliphatic heterocycles. The van der Waals surface area contributed by atoms with Gasteiger partial charge >= 0.3 is 0 Å². The van der Waals surface area contributed by atoms with Crippen molar-refractivity contribution in [3.63, 3.8) is 0 Å². The fraction of sp³-hybridized carbons (Fsp3) is 0.364. The lowest BCUT2D eigenvalue weighted by molar-refractivity contribution is -0.120. The summed E-state index contributed by atoms with van der Waals surface area (Å²) in [4.78, 5) is 36.3. The number of fused-ring (bicyclic) bond motifs is 2. The maximum atomic E-state index is 13.0. The van der Waals surface area contributed by atoms with Crippen molar-refractivity contribution in [3.8, 4) is 5.75 Å². The molecule has 2 aliphatic rings. The number of oxazole rings is 1. The van der Waals surface area contributed by atoms with Crippen LogP contribution in [0.2, 0.25) is 0 Å². The summed E-state index contributed by atoms with van der Waals surface area (Å²) in [5, 5.41) is 13.1. The topological polar surface area (TPSA) is 113 Å². The van der Waals surface area contributed by atoms with E-state index in [1.807, 2.05) is 0 Å². The van der Waals surface area contributed by atoms with Gasteiger partial charge in [-0.3, -0.25) is 19.1 Å². The van der Waals surface area contributed by atoms with Crippen LogP contribution in [-0.2, 0) is 36.4 Å². The van der Waals surface area contributed by atoms with Crippen molar-refractivity contribution in [1.82, 2.24) is 24.8 Å². The quantitative estimate of drug-likeness (QED) is 0.597. The van der Waals surface area contributed by atoms with Crippen molar-refractivity contribution >= 4 is 5.91 Å². The number of carbonyl (C=O) groups is 1. The molecule has 10 heteroatoms. The maximum Gasteiger partial charge on any atom is 0.296 e. The molecule has 2 aromatic heterocycles. The highest BCUT2D eigenvalue weighted by molar-refractivity contribution is 5.78. The average Bonchev–Trinajstić information content (AvgIpc) is 3.40. The van der Waals surface area contributed by atoms with Crippen molar-refractivity contribution in [3.05, 3.63) is 75.9 Å². The number of aromatic nitrogens is 3. The van der Waals surface area contributed by atoms with Crippen LogP contribution in [0.3, 0.4) is 0 Å². The molecular weight excluding hydrogens is 417 g/mol. The number of nitrogens with zero attached hydrogens (tertiary/aromatic N) is 4. The Hall–Kier alpha value is -3.53. The van der Waals surface area contributed by atoms with E-state index in [1.165, 1.54) is 23.1 Å². The normalized spacial score (nSPS) is 16.7. The number of halogens is 1. The van der Waals surface area contributed by atoms with Crippen LogP contribution in [0.5, 0.6) is 5.75 Å². The van der Waals surface area contributed by atoms with Crippen molar-refractivity contribution in [1.29, 1.82) is 0 Å². The highest BCUT2D eigenvalue weighted by Gasteiger charge is 2.55. The Morgan fingerprint density at radius 1 is 1.25 bits per heavy atom. The van der Waals surface area contributed by atoms with E-state index in [4.69, 9.17) is 4.42 Å². The second-order valence-electron chi connectivity index (χ2n) is 8.20. The van der Waals surface area contributed by atoms with Crippen molar-refractivity contribution in [2.24, 2.45) is 0 Å². The zero-order valence-corrected chi connectivity index (χ0v) is 17.3. The minimum Gasteiger partial charge on any atom is -0.502 e. The van der Waals surface area contributed by atoms with Gasteiger partial charge in [0, 0.05) is 26.2 Å². The molecule has 1 spiro atoms. The minimum absolute atomic E-state index is 0.0624. The van der Waals surface area contributed by atoms with Gasteiger partial charge in [-0.15, -0.1) is 0 Å². The Kier molecular flexibility index (Phi) is 5.01. The molecule has 9 nitrogen and oxygen atoms in total. The molecule has 1 aromatic carbocycles. The lowest BCUT2D eigenvalue weighted by atomic mass is 10.1. The van der Waals surface area contributed by atoms with E-state index in [0.29, 0.717) is 25.5 Å². The summed E-state index contributed by atoms with van der Waals surface area (Å²) in [7, 11) is 0. The first-order valence-electron chi connectivity index (χ1n) is 10.4. The van der Waals surface area contributed by atoms with Gasteiger partial charge < -0.3 is 14.8 Å². The van der Waals surface area contributed by atoms with E-state index in [9.17, 15) is 19.1 Å². The van der Waals surface area contributed by atoms with Crippen LogP contribution in [0.4, 0.5) is 4.39 Å². The van der Waals surface area contributed by atoms with Gasteiger partial charge in [0.1, 0.15) is 17.9 Å². The molecule has 0 atom stereocenters. The van der Waals surface area contributed by atoms with E-state index in [1.54, 1.807) is 18.4 Å². The third-order valence-electron chi connectivity index (χ3n) is 6.12. The number of aromatic hydroxyl groups is 1. The highest BCUT2D eigenvalue weighted by atomic mass is 19.1. The first-order chi connectivity index (χ1) is 15.5. The van der Waals surface area contributed by atoms with Gasteiger partial charge in [-0.2, -0.15) is 0 Å². The second-order valence-corrected chi connectivity index (χ2v) is 8.20. The number of benzene rings is 1. The summed E-state index contributed by atoms with van der Waals surface area (Å²) in [5.74, 6) is -0.653. The van der Waals surface area contributed by atoms with Gasteiger partial charge in [0.05, 0.1) is 23.3 Å². The van der Waals surface area contributed by atoms with E-state index in [0.717, 1.165) is 24.1 Å². The predicted molar refractivity (Wildman–Crippen MR) is 110 cm³/mol. The molecule has 0 bridgehead atoms. The molecule has 3 heterocycles. The molecule has 2 N–H and O–H groups in total. The van der Waals surface area contributed by atoms with Crippen LogP contribution >= 0.6 is 0 Å². The standard InChI is InChI=1S/C22H22FN5O4/c23-15-3-1-14(2-4-15)10-24-18(29)9-17-19(30)20(31)28-8-7-27(11-16-12-32-13-25-16)22(5-6-22)21(28)26-17/h1-4,12-13,30H,5-11H2,(H,24,29). The van der Waals surface area contributed by atoms with E-state index in [2.05, 4.69) is 20.2 Å². The summed E-state index contributed by atoms with van der Waals surface area (Å²) in [6.07, 6.45) is 4.42. The number of carbonyl (C=O) groups excluding carboxylic acids is 1. The molecule has 32 heavy (non-hydrogen) atoms. The lowest BCUT2D eigenvalue weighted by Gasteiger charge is -2.37. The Morgan fingerprint density at radius 3 is 2.72 bits per heavy atom. The fourth-order valence-corrected chi connectivity index (χ4v) is 4.27. The zero-order valence-electron chi connectivity index (χ0n) is 17.3. The summed E-state index contributed by atoms with van der Waals surface area (Å²) in [5.41, 5.74) is 0.675. The Balaban J connectivity index is 1.36. The SMILES string of the molecule is O=C(Cc1nc2n(c(=O)c1O)CCN(Cc1cocn1)C21CC1)NCc1ccc(F)cc1. The van der Waals surface area contributed by atoms with Crippen LogP contribution in [0.1, 0.15) is 35.6 Å². The molecule has 1 amide bonds. The molecular formula is C22H22FN5O4. The molecule has 0 saturated heterocycles. The Labute approximate surface area is 182 Å². The monoisotopic (exact) mass is 439 g/mol. The first kappa shape index (κ1) is 20.4. The molecule has 1 saturated carbocycles. The van der Waals surface area contributed by atoms with Crippen LogP contribution in [0.25, 0.3) is 0 Å². The van der Waals surface area contributed by atoms with Crippen LogP contribution in [-0.4, -0.2) is 37.0 Å². The van der Waals surface area contributed by atoms with Gasteiger partial charge in [-0.25, -0.2) is 14.4 Å². The van der Waals surface area contributed by atoms with E-state index >= 15 is 0 Å². The van der Waals surface area contributed by atoms with Crippen molar-refractivity contribution in [2.75, 3.05) is 6.54 Å². The Morgan fingerprint density at radius 2 is 2.03 bits per heavy atom. The zero-order chi connectivity index (χ0) is 22.3. The smallest absolute Gasteiger partial charge is 0.296 e. The van der Waals surface area contributed by atoms with Crippen LogP contribution in [0.15, 0.2) is 46.1 Å². The third-order valence-corrected chi connectivity index (χ3v) is 6.12. The van der Waals surface area contributed by atoms with Crippen molar-refractivity contribution in [2.45, 2.75) is 44.4 Å². The molecule has 5 rings (SSSR count). The third kappa shape index (κ3) is 3.66. The Bertz CT molecular complexity index is 1200. The minimum atomic E-state index is -0.524. The predicted octanol–water partition coefficient (Wildman–Crippen LogP) is 1.44. The fourth-order valence-electron chi connectivity index (χ4n) is 4.27. The van der Waals surface area contributed by atoms with E-state index in [-0.39, 0.29) is 30.4 Å². The number of hydrogen-bond donors (Lipinski definition) is 2. The first-order valence-corrected chi connectivity index (χ1v) is 10.4. The van der Waals surface area contributed by atoms with Gasteiger partial charge in [0.25, 0.3) is 5.56 Å². The van der Waals surface area contributed by atoms with Gasteiger partial charge in [-0.05, 0) is 30.5 Å². The summed E-state index contributed by atoms with van der Waals surface area (Å²) >= 11 is 0. The molecule has 0 radical (unpaired) electrons. The van der Waals surface area contributed by atoms with Gasteiger partial charge in [0.15, 0.2) is 6.39 Å². The number of nitrogens with one attached hydrogen (secondary N) is 1. The van der Waals surface area contributed by atoms with Crippen molar-refractivity contribution < 1.29 is 18.7 Å². The van der Waals surface area contributed by atoms with E-state index < -0.39 is 16.8 Å². The molecule has 1 fully saturated rings. The van der Waals surface area contributed by atoms with Crippen LogP contribution < -0.4 is 10.9 Å². The highest BCUT2D eigenvalue weighted by Crippen LogP contribution is 2.52. The summed E-state index contributed by atoms with van der Waals surface area (Å²) < 4.78 is 19.6.